The number of hydrogen-bond donors (Lipinski definition) is 3. The second kappa shape index (κ2) is 7.43. The van der Waals surface area contributed by atoms with E-state index in [2.05, 4.69) is 60.8 Å². The first-order valence-corrected chi connectivity index (χ1v) is 7.83. The van der Waals surface area contributed by atoms with Crippen LogP contribution in [0, 0.1) is 0 Å². The van der Waals surface area contributed by atoms with Gasteiger partial charge < -0.3 is 16.2 Å². The molecule has 2 rings (SSSR count). The van der Waals surface area contributed by atoms with E-state index in [1.165, 1.54) is 16.7 Å². The summed E-state index contributed by atoms with van der Waals surface area (Å²) in [4.78, 5) is 0. The van der Waals surface area contributed by atoms with Crippen LogP contribution >= 0.6 is 0 Å². The number of rotatable bonds is 7. The van der Waals surface area contributed by atoms with Crippen LogP contribution in [0.4, 0.5) is 5.69 Å². The molecule has 1 unspecified atom stereocenters. The topological polar surface area (TPSA) is 58.3 Å². The molecule has 0 radical (unpaired) electrons. The number of nitrogens with one attached hydrogen (secondary N) is 1. The normalized spacial score (nSPS) is 13.6. The Kier molecular flexibility index (Phi) is 5.58. The fourth-order valence-electron chi connectivity index (χ4n) is 2.23. The molecule has 22 heavy (non-hydrogen) atoms. The average molecular weight is 298 g/mol. The summed E-state index contributed by atoms with van der Waals surface area (Å²) in [5.74, 6) is 0. The Bertz CT molecular complexity index is 573. The first-order chi connectivity index (χ1) is 10.5. The minimum atomic E-state index is -0.598. The minimum Gasteiger partial charge on any atom is -0.394 e. The number of benzene rings is 2. The minimum absolute atomic E-state index is 0.0359. The molecule has 0 heterocycles. The maximum Gasteiger partial charge on any atom is 0.0625 e. The maximum atomic E-state index is 9.15. The first kappa shape index (κ1) is 16.5. The van der Waals surface area contributed by atoms with E-state index in [0.29, 0.717) is 6.54 Å². The van der Waals surface area contributed by atoms with Crippen LogP contribution in [0.3, 0.4) is 0 Å². The monoisotopic (exact) mass is 298 g/mol. The zero-order chi connectivity index (χ0) is 16.0. The van der Waals surface area contributed by atoms with Crippen LogP contribution in [0.1, 0.15) is 30.5 Å². The van der Waals surface area contributed by atoms with Gasteiger partial charge in [0.15, 0.2) is 0 Å². The molecule has 0 amide bonds. The van der Waals surface area contributed by atoms with E-state index in [1.54, 1.807) is 0 Å². The average Bonchev–Trinajstić information content (AvgIpc) is 2.55. The molecule has 0 saturated heterocycles. The second-order valence-electron chi connectivity index (χ2n) is 6.21. The van der Waals surface area contributed by atoms with Gasteiger partial charge in [-0.1, -0.05) is 43.3 Å². The van der Waals surface area contributed by atoms with Gasteiger partial charge in [-0.15, -0.1) is 0 Å². The van der Waals surface area contributed by atoms with Crippen LogP contribution in [0.15, 0.2) is 48.5 Å². The lowest BCUT2D eigenvalue weighted by atomic mass is 10.0. The fourth-order valence-corrected chi connectivity index (χ4v) is 2.23. The van der Waals surface area contributed by atoms with Crippen molar-refractivity contribution in [1.82, 2.24) is 0 Å². The third-order valence-corrected chi connectivity index (χ3v) is 3.85. The largest absolute Gasteiger partial charge is 0.394 e. The summed E-state index contributed by atoms with van der Waals surface area (Å²) in [5.41, 5.74) is 10.3. The van der Waals surface area contributed by atoms with Gasteiger partial charge in [0.05, 0.1) is 12.1 Å². The molecule has 0 bridgehead atoms. The summed E-state index contributed by atoms with van der Waals surface area (Å²) in [5, 5.41) is 12.4. The molecule has 4 N–H and O–H groups in total. The van der Waals surface area contributed by atoms with Crippen molar-refractivity contribution < 1.29 is 5.11 Å². The highest BCUT2D eigenvalue weighted by atomic mass is 16.3. The summed E-state index contributed by atoms with van der Waals surface area (Å²) < 4.78 is 0. The smallest absolute Gasteiger partial charge is 0.0625 e. The third kappa shape index (κ3) is 4.86. The van der Waals surface area contributed by atoms with E-state index in [9.17, 15) is 0 Å². The van der Waals surface area contributed by atoms with Gasteiger partial charge in [-0.05, 0) is 48.6 Å². The summed E-state index contributed by atoms with van der Waals surface area (Å²) in [6, 6.07) is 17.2. The lowest BCUT2D eigenvalue weighted by molar-refractivity contribution is 0.216. The van der Waals surface area contributed by atoms with Crippen LogP contribution in [-0.4, -0.2) is 23.8 Å². The summed E-state index contributed by atoms with van der Waals surface area (Å²) in [6.07, 6.45) is 2.02. The Labute approximate surface area is 133 Å². The Morgan fingerprint density at radius 3 is 1.95 bits per heavy atom. The lowest BCUT2D eigenvalue weighted by Crippen LogP contribution is -2.46. The third-order valence-electron chi connectivity index (χ3n) is 3.85. The van der Waals surface area contributed by atoms with Gasteiger partial charge in [-0.2, -0.15) is 0 Å². The molecule has 0 aliphatic rings. The van der Waals surface area contributed by atoms with Gasteiger partial charge in [-0.3, -0.25) is 0 Å². The molecular formula is C19H26N2O. The van der Waals surface area contributed by atoms with E-state index in [4.69, 9.17) is 10.8 Å². The molecule has 0 aliphatic carbocycles. The molecular weight excluding hydrogens is 272 g/mol. The standard InChI is InChI=1S/C19H26N2O/c1-3-15-4-6-16(7-5-15)12-17-8-10-18(11-9-17)21-13-19(2,20)14-22/h4-11,21-22H,3,12-14,20H2,1-2H3. The van der Waals surface area contributed by atoms with Crippen LogP contribution in [0.2, 0.25) is 0 Å². The maximum absolute atomic E-state index is 9.15. The summed E-state index contributed by atoms with van der Waals surface area (Å²) in [6.45, 7) is 4.51. The van der Waals surface area contributed by atoms with Gasteiger partial charge in [0.25, 0.3) is 0 Å². The predicted molar refractivity (Wildman–Crippen MR) is 93.2 cm³/mol. The van der Waals surface area contributed by atoms with E-state index < -0.39 is 5.54 Å². The lowest BCUT2D eigenvalue weighted by Gasteiger charge is -2.22. The molecule has 0 spiro atoms. The molecule has 3 heteroatoms. The van der Waals surface area contributed by atoms with Crippen molar-refractivity contribution in [2.24, 2.45) is 5.73 Å². The number of nitrogens with two attached hydrogens (primary N) is 1. The molecule has 3 nitrogen and oxygen atoms in total. The van der Waals surface area contributed by atoms with Crippen molar-refractivity contribution in [3.05, 3.63) is 65.2 Å². The van der Waals surface area contributed by atoms with Crippen molar-refractivity contribution in [3.63, 3.8) is 0 Å². The second-order valence-corrected chi connectivity index (χ2v) is 6.21. The highest BCUT2D eigenvalue weighted by Gasteiger charge is 2.16. The first-order valence-electron chi connectivity index (χ1n) is 7.83. The van der Waals surface area contributed by atoms with Gasteiger partial charge in [-0.25, -0.2) is 0 Å². The van der Waals surface area contributed by atoms with E-state index in [1.807, 2.05) is 6.92 Å². The molecule has 0 aromatic heterocycles. The van der Waals surface area contributed by atoms with Gasteiger partial charge in [0.2, 0.25) is 0 Å². The quantitative estimate of drug-likeness (QED) is 0.736. The molecule has 0 aliphatic heterocycles. The zero-order valence-corrected chi connectivity index (χ0v) is 13.5. The number of anilines is 1. The zero-order valence-electron chi connectivity index (χ0n) is 13.5. The van der Waals surface area contributed by atoms with Crippen LogP contribution in [0.5, 0.6) is 0 Å². The number of hydrogen-bond acceptors (Lipinski definition) is 3. The van der Waals surface area contributed by atoms with Crippen molar-refractivity contribution >= 4 is 5.69 Å². The summed E-state index contributed by atoms with van der Waals surface area (Å²) in [7, 11) is 0. The van der Waals surface area contributed by atoms with E-state index >= 15 is 0 Å². The van der Waals surface area contributed by atoms with Crippen LogP contribution in [-0.2, 0) is 12.8 Å². The van der Waals surface area contributed by atoms with Gasteiger partial charge in [0, 0.05) is 12.2 Å². The predicted octanol–water partition coefficient (Wildman–Crippen LogP) is 2.96. The molecule has 118 valence electrons. The highest BCUT2D eigenvalue weighted by Crippen LogP contribution is 2.15. The molecule has 0 saturated carbocycles. The molecule has 2 aromatic carbocycles. The Morgan fingerprint density at radius 2 is 1.45 bits per heavy atom. The highest BCUT2D eigenvalue weighted by molar-refractivity contribution is 5.45. The van der Waals surface area contributed by atoms with Crippen LogP contribution < -0.4 is 11.1 Å². The van der Waals surface area contributed by atoms with Crippen molar-refractivity contribution in [2.75, 3.05) is 18.5 Å². The van der Waals surface area contributed by atoms with Crippen molar-refractivity contribution in [2.45, 2.75) is 32.2 Å². The van der Waals surface area contributed by atoms with Crippen LogP contribution in [0.25, 0.3) is 0 Å². The van der Waals surface area contributed by atoms with Crippen molar-refractivity contribution in [3.8, 4) is 0 Å². The van der Waals surface area contributed by atoms with E-state index in [-0.39, 0.29) is 6.61 Å². The Morgan fingerprint density at radius 1 is 0.955 bits per heavy atom. The molecule has 2 aromatic rings. The molecule has 1 atom stereocenters. The van der Waals surface area contributed by atoms with Gasteiger partial charge >= 0.3 is 0 Å². The number of aliphatic hydroxyl groups is 1. The summed E-state index contributed by atoms with van der Waals surface area (Å²) >= 11 is 0. The number of aliphatic hydroxyl groups excluding tert-OH is 1. The Hall–Kier alpha value is -1.84. The SMILES string of the molecule is CCc1ccc(Cc2ccc(NCC(C)(N)CO)cc2)cc1. The van der Waals surface area contributed by atoms with Gasteiger partial charge in [0.1, 0.15) is 0 Å². The van der Waals surface area contributed by atoms with Crippen molar-refractivity contribution in [1.29, 1.82) is 0 Å². The fraction of sp³-hybridized carbons (Fsp3) is 0.368. The molecule has 0 fully saturated rings. The van der Waals surface area contributed by atoms with E-state index in [0.717, 1.165) is 18.5 Å². The Balaban J connectivity index is 1.93. The number of aryl methyl sites for hydroxylation is 1.